The first-order valence-electron chi connectivity index (χ1n) is 7.60. The average molecular weight is 256 g/mol. The van der Waals surface area contributed by atoms with Crippen molar-refractivity contribution in [1.29, 1.82) is 0 Å². The Morgan fingerprint density at radius 3 is 2.79 bits per heavy atom. The maximum absolute atomic E-state index is 3.74. The van der Waals surface area contributed by atoms with Gasteiger partial charge in [0, 0.05) is 36.2 Å². The van der Waals surface area contributed by atoms with Crippen molar-refractivity contribution in [2.24, 2.45) is 0 Å². The van der Waals surface area contributed by atoms with Crippen LogP contribution in [0.5, 0.6) is 0 Å². The molecule has 102 valence electrons. The van der Waals surface area contributed by atoms with Gasteiger partial charge < -0.3 is 9.88 Å². The standard InChI is InChI=1S/C17H24N2/c1-3-19-12-14(11-18-15-8-4-5-9-15)17-13(2)7-6-10-16(17)19/h6-7,10,12,15,18H,3-5,8-9,11H2,1-2H3. The molecule has 2 nitrogen and oxygen atoms in total. The lowest BCUT2D eigenvalue weighted by molar-refractivity contribution is 0.525. The highest BCUT2D eigenvalue weighted by atomic mass is 15.0. The minimum absolute atomic E-state index is 0.740. The van der Waals surface area contributed by atoms with Crippen LogP contribution in [0.1, 0.15) is 43.7 Å². The van der Waals surface area contributed by atoms with Crippen molar-refractivity contribution in [1.82, 2.24) is 9.88 Å². The Balaban J connectivity index is 1.89. The Labute approximate surface area is 115 Å². The third kappa shape index (κ3) is 2.42. The third-order valence-electron chi connectivity index (χ3n) is 4.47. The van der Waals surface area contributed by atoms with Gasteiger partial charge in [-0.05, 0) is 43.9 Å². The normalized spacial score (nSPS) is 16.5. The molecule has 1 aliphatic rings. The monoisotopic (exact) mass is 256 g/mol. The molecule has 0 saturated heterocycles. The van der Waals surface area contributed by atoms with Crippen molar-refractivity contribution < 1.29 is 0 Å². The lowest BCUT2D eigenvalue weighted by Crippen LogP contribution is -2.25. The largest absolute Gasteiger partial charge is 0.347 e. The first-order chi connectivity index (χ1) is 9.29. The van der Waals surface area contributed by atoms with Crippen LogP contribution in [-0.4, -0.2) is 10.6 Å². The molecule has 0 unspecified atom stereocenters. The smallest absolute Gasteiger partial charge is 0.0486 e. The molecule has 0 radical (unpaired) electrons. The molecule has 1 aromatic carbocycles. The van der Waals surface area contributed by atoms with E-state index >= 15 is 0 Å². The molecule has 1 aliphatic carbocycles. The summed E-state index contributed by atoms with van der Waals surface area (Å²) in [7, 11) is 0. The number of hydrogen-bond donors (Lipinski definition) is 1. The number of aromatic nitrogens is 1. The van der Waals surface area contributed by atoms with Gasteiger partial charge in [-0.2, -0.15) is 0 Å². The highest BCUT2D eigenvalue weighted by Crippen LogP contribution is 2.26. The molecule has 19 heavy (non-hydrogen) atoms. The SMILES string of the molecule is CCn1cc(CNC2CCCC2)c2c(C)cccc21. The van der Waals surface area contributed by atoms with E-state index in [-0.39, 0.29) is 0 Å². The van der Waals surface area contributed by atoms with Gasteiger partial charge in [0.15, 0.2) is 0 Å². The van der Waals surface area contributed by atoms with Gasteiger partial charge in [-0.15, -0.1) is 0 Å². The molecule has 0 atom stereocenters. The Hall–Kier alpha value is -1.28. The number of hydrogen-bond acceptors (Lipinski definition) is 1. The minimum atomic E-state index is 0.740. The van der Waals surface area contributed by atoms with Gasteiger partial charge in [-0.3, -0.25) is 0 Å². The predicted molar refractivity (Wildman–Crippen MR) is 81.4 cm³/mol. The lowest BCUT2D eigenvalue weighted by atomic mass is 10.1. The number of nitrogens with zero attached hydrogens (tertiary/aromatic N) is 1. The number of aryl methyl sites for hydroxylation is 2. The molecule has 1 saturated carbocycles. The maximum atomic E-state index is 3.74. The van der Waals surface area contributed by atoms with Gasteiger partial charge in [0.05, 0.1) is 0 Å². The van der Waals surface area contributed by atoms with Crippen molar-refractivity contribution in [3.63, 3.8) is 0 Å². The summed E-state index contributed by atoms with van der Waals surface area (Å²) in [5.74, 6) is 0. The van der Waals surface area contributed by atoms with Gasteiger partial charge in [-0.25, -0.2) is 0 Å². The van der Waals surface area contributed by atoms with Gasteiger partial charge >= 0.3 is 0 Å². The second-order valence-electron chi connectivity index (χ2n) is 5.77. The van der Waals surface area contributed by atoms with Crippen LogP contribution in [0.25, 0.3) is 10.9 Å². The van der Waals surface area contributed by atoms with Crippen molar-refractivity contribution in [2.75, 3.05) is 0 Å². The second-order valence-corrected chi connectivity index (χ2v) is 5.77. The van der Waals surface area contributed by atoms with Crippen LogP contribution in [-0.2, 0) is 13.1 Å². The summed E-state index contributed by atoms with van der Waals surface area (Å²) < 4.78 is 2.37. The lowest BCUT2D eigenvalue weighted by Gasteiger charge is -2.11. The van der Waals surface area contributed by atoms with Crippen LogP contribution < -0.4 is 5.32 Å². The number of benzene rings is 1. The molecule has 1 heterocycles. The van der Waals surface area contributed by atoms with Crippen molar-refractivity contribution in [3.8, 4) is 0 Å². The first kappa shape index (κ1) is 12.7. The van der Waals surface area contributed by atoms with Gasteiger partial charge in [0.25, 0.3) is 0 Å². The molecular formula is C17H24N2. The van der Waals surface area contributed by atoms with Crippen molar-refractivity contribution in [2.45, 2.75) is 58.7 Å². The van der Waals surface area contributed by atoms with E-state index in [1.165, 1.54) is 47.7 Å². The van der Waals surface area contributed by atoms with Crippen molar-refractivity contribution in [3.05, 3.63) is 35.5 Å². The quantitative estimate of drug-likeness (QED) is 0.875. The molecule has 0 amide bonds. The molecule has 1 aromatic heterocycles. The molecule has 2 aromatic rings. The van der Waals surface area contributed by atoms with Crippen LogP contribution >= 0.6 is 0 Å². The highest BCUT2D eigenvalue weighted by Gasteiger charge is 2.15. The fourth-order valence-electron chi connectivity index (χ4n) is 3.41. The van der Waals surface area contributed by atoms with E-state index in [2.05, 4.69) is 48.1 Å². The van der Waals surface area contributed by atoms with E-state index < -0.39 is 0 Å². The Kier molecular flexibility index (Phi) is 3.61. The molecule has 1 fully saturated rings. The fourth-order valence-corrected chi connectivity index (χ4v) is 3.41. The van der Waals surface area contributed by atoms with Crippen LogP contribution in [0.2, 0.25) is 0 Å². The number of rotatable bonds is 4. The average Bonchev–Trinajstić information content (AvgIpc) is 3.04. The van der Waals surface area contributed by atoms with E-state index in [4.69, 9.17) is 0 Å². The zero-order chi connectivity index (χ0) is 13.2. The van der Waals surface area contributed by atoms with Crippen LogP contribution in [0.4, 0.5) is 0 Å². The summed E-state index contributed by atoms with van der Waals surface area (Å²) >= 11 is 0. The molecule has 3 rings (SSSR count). The van der Waals surface area contributed by atoms with Gasteiger partial charge in [0.1, 0.15) is 0 Å². The van der Waals surface area contributed by atoms with Crippen LogP contribution in [0.15, 0.2) is 24.4 Å². The molecule has 1 N–H and O–H groups in total. The van der Waals surface area contributed by atoms with E-state index in [1.54, 1.807) is 0 Å². The molecule has 0 spiro atoms. The van der Waals surface area contributed by atoms with Crippen LogP contribution in [0.3, 0.4) is 0 Å². The fraction of sp³-hybridized carbons (Fsp3) is 0.529. The summed E-state index contributed by atoms with van der Waals surface area (Å²) in [5.41, 5.74) is 4.24. The minimum Gasteiger partial charge on any atom is -0.347 e. The molecule has 0 bridgehead atoms. The van der Waals surface area contributed by atoms with E-state index in [0.29, 0.717) is 0 Å². The summed E-state index contributed by atoms with van der Waals surface area (Å²) in [6.07, 6.45) is 7.83. The zero-order valence-corrected chi connectivity index (χ0v) is 12.1. The highest BCUT2D eigenvalue weighted by molar-refractivity contribution is 5.87. The predicted octanol–water partition coefficient (Wildman–Crippen LogP) is 4.00. The van der Waals surface area contributed by atoms with Crippen molar-refractivity contribution >= 4 is 10.9 Å². The Morgan fingerprint density at radius 1 is 1.26 bits per heavy atom. The van der Waals surface area contributed by atoms with Gasteiger partial charge in [0.2, 0.25) is 0 Å². The summed E-state index contributed by atoms with van der Waals surface area (Å²) in [6.45, 7) is 6.50. The summed E-state index contributed by atoms with van der Waals surface area (Å²) in [5, 5.41) is 5.19. The topological polar surface area (TPSA) is 17.0 Å². The first-order valence-corrected chi connectivity index (χ1v) is 7.60. The zero-order valence-electron chi connectivity index (χ0n) is 12.1. The number of fused-ring (bicyclic) bond motifs is 1. The number of nitrogens with one attached hydrogen (secondary N) is 1. The summed E-state index contributed by atoms with van der Waals surface area (Å²) in [6, 6.07) is 7.37. The molecular weight excluding hydrogens is 232 g/mol. The maximum Gasteiger partial charge on any atom is 0.0486 e. The summed E-state index contributed by atoms with van der Waals surface area (Å²) in [4.78, 5) is 0. The molecule has 0 aliphatic heterocycles. The molecule has 2 heteroatoms. The van der Waals surface area contributed by atoms with E-state index in [9.17, 15) is 0 Å². The second kappa shape index (κ2) is 5.38. The third-order valence-corrected chi connectivity index (χ3v) is 4.47. The Bertz CT molecular complexity index is 562. The Morgan fingerprint density at radius 2 is 2.05 bits per heavy atom. The van der Waals surface area contributed by atoms with E-state index in [0.717, 1.165) is 19.1 Å². The van der Waals surface area contributed by atoms with Gasteiger partial charge in [-0.1, -0.05) is 25.0 Å². The van der Waals surface area contributed by atoms with E-state index in [1.807, 2.05) is 0 Å². The van der Waals surface area contributed by atoms with Crippen LogP contribution in [0, 0.1) is 6.92 Å².